The predicted octanol–water partition coefficient (Wildman–Crippen LogP) is 0.0684. The number of hydrogen-bond donors (Lipinski definition) is 2. The van der Waals surface area contributed by atoms with E-state index < -0.39 is 6.04 Å². The van der Waals surface area contributed by atoms with E-state index >= 15 is 0 Å². The van der Waals surface area contributed by atoms with E-state index in [9.17, 15) is 4.79 Å². The highest BCUT2D eigenvalue weighted by molar-refractivity contribution is 5.99. The van der Waals surface area contributed by atoms with Gasteiger partial charge in [0.1, 0.15) is 11.7 Å². The minimum atomic E-state index is -0.745. The van der Waals surface area contributed by atoms with E-state index in [2.05, 4.69) is 10.3 Å². The van der Waals surface area contributed by atoms with E-state index in [0.717, 1.165) is 5.69 Å². The third-order valence-electron chi connectivity index (χ3n) is 2.50. The summed E-state index contributed by atoms with van der Waals surface area (Å²) in [5, 5.41) is 2.72. The van der Waals surface area contributed by atoms with Crippen LogP contribution < -0.4 is 20.7 Å². The molecule has 7 heteroatoms. The van der Waals surface area contributed by atoms with Crippen LogP contribution in [0.5, 0.6) is 5.88 Å². The quantitative estimate of drug-likeness (QED) is 0.759. The Hall–Kier alpha value is -1.86. The normalized spacial score (nSPS) is 11.8. The average Bonchev–Trinajstić information content (AvgIpc) is 2.38. The highest BCUT2D eigenvalue weighted by atomic mass is 16.5. The van der Waals surface area contributed by atoms with Gasteiger partial charge in [-0.05, 0) is 6.07 Å². The third kappa shape index (κ3) is 3.80. The number of aromatic nitrogens is 1. The fourth-order valence-electron chi connectivity index (χ4n) is 1.55. The summed E-state index contributed by atoms with van der Waals surface area (Å²) < 4.78 is 10.0. The lowest BCUT2D eigenvalue weighted by atomic mass is 10.2. The van der Waals surface area contributed by atoms with Gasteiger partial charge < -0.3 is 25.4 Å². The smallest absolute Gasteiger partial charge is 0.243 e. The van der Waals surface area contributed by atoms with E-state index in [1.165, 1.54) is 14.2 Å². The molecule has 0 aromatic carbocycles. The fraction of sp³-hybridized carbons (Fsp3) is 0.500. The second-order valence-electron chi connectivity index (χ2n) is 4.16. The third-order valence-corrected chi connectivity index (χ3v) is 2.50. The Morgan fingerprint density at radius 3 is 2.74 bits per heavy atom. The standard InChI is InChI=1S/C12H20N4O3/c1-16(2)9-5-6-14-12(19-4)10(9)15-11(17)8(13)7-18-3/h5-6,8H,7,13H2,1-4H3,(H,15,17). The maximum Gasteiger partial charge on any atom is 0.243 e. The summed E-state index contributed by atoms with van der Waals surface area (Å²) in [5.74, 6) is -0.0135. The number of ether oxygens (including phenoxy) is 2. The second kappa shape index (κ2) is 6.91. The number of hydrogen-bond acceptors (Lipinski definition) is 6. The molecule has 0 bridgehead atoms. The van der Waals surface area contributed by atoms with Crippen molar-refractivity contribution < 1.29 is 14.3 Å². The first-order chi connectivity index (χ1) is 9.01. The van der Waals surface area contributed by atoms with Gasteiger partial charge in [-0.15, -0.1) is 0 Å². The largest absolute Gasteiger partial charge is 0.479 e. The van der Waals surface area contributed by atoms with Crippen LogP contribution in [0.15, 0.2) is 12.3 Å². The van der Waals surface area contributed by atoms with Gasteiger partial charge in [0.15, 0.2) is 0 Å². The second-order valence-corrected chi connectivity index (χ2v) is 4.16. The van der Waals surface area contributed by atoms with Crippen molar-refractivity contribution in [3.63, 3.8) is 0 Å². The van der Waals surface area contributed by atoms with E-state index in [1.54, 1.807) is 12.3 Å². The highest BCUT2D eigenvalue weighted by Gasteiger charge is 2.19. The molecule has 0 radical (unpaired) electrons. The number of anilines is 2. The maximum absolute atomic E-state index is 11.9. The molecule has 1 rings (SSSR count). The van der Waals surface area contributed by atoms with Gasteiger partial charge in [-0.1, -0.05) is 0 Å². The Balaban J connectivity index is 3.01. The number of nitrogens with zero attached hydrogens (tertiary/aromatic N) is 2. The first-order valence-corrected chi connectivity index (χ1v) is 5.77. The lowest BCUT2D eigenvalue weighted by Gasteiger charge is -2.20. The van der Waals surface area contributed by atoms with E-state index in [4.69, 9.17) is 15.2 Å². The molecule has 0 saturated heterocycles. The zero-order valence-corrected chi connectivity index (χ0v) is 11.6. The Morgan fingerprint density at radius 2 is 2.21 bits per heavy atom. The van der Waals surface area contributed by atoms with Gasteiger partial charge in [0, 0.05) is 27.4 Å². The Labute approximate surface area is 112 Å². The van der Waals surface area contributed by atoms with Gasteiger partial charge in [0.05, 0.1) is 19.4 Å². The number of pyridine rings is 1. The Morgan fingerprint density at radius 1 is 1.53 bits per heavy atom. The lowest BCUT2D eigenvalue weighted by molar-refractivity contribution is -0.118. The van der Waals surface area contributed by atoms with Crippen molar-refractivity contribution in [1.82, 2.24) is 4.98 Å². The molecular weight excluding hydrogens is 248 g/mol. The van der Waals surface area contributed by atoms with Crippen LogP contribution >= 0.6 is 0 Å². The topological polar surface area (TPSA) is 89.7 Å². The molecule has 3 N–H and O–H groups in total. The van der Waals surface area contributed by atoms with Gasteiger partial charge in [0.2, 0.25) is 11.8 Å². The Kier molecular flexibility index (Phi) is 5.53. The number of nitrogens with two attached hydrogens (primary N) is 1. The van der Waals surface area contributed by atoms with Crippen LogP contribution in [0.2, 0.25) is 0 Å². The van der Waals surface area contributed by atoms with Crippen LogP contribution in [0.1, 0.15) is 0 Å². The predicted molar refractivity (Wildman–Crippen MR) is 73.6 cm³/mol. The van der Waals surface area contributed by atoms with Crippen LogP contribution in [0.25, 0.3) is 0 Å². The number of methoxy groups -OCH3 is 2. The minimum absolute atomic E-state index is 0.145. The summed E-state index contributed by atoms with van der Waals surface area (Å²) in [6.07, 6.45) is 1.61. The van der Waals surface area contributed by atoms with Crippen molar-refractivity contribution in [3.05, 3.63) is 12.3 Å². The SMILES string of the molecule is COCC(N)C(=O)Nc1c(N(C)C)ccnc1OC. The molecule has 1 unspecified atom stereocenters. The molecule has 0 spiro atoms. The first kappa shape index (κ1) is 15.2. The van der Waals surface area contributed by atoms with Gasteiger partial charge in [-0.2, -0.15) is 0 Å². The number of amides is 1. The molecule has 1 heterocycles. The molecule has 1 aromatic heterocycles. The zero-order chi connectivity index (χ0) is 14.4. The van der Waals surface area contributed by atoms with Crippen molar-refractivity contribution >= 4 is 17.3 Å². The first-order valence-electron chi connectivity index (χ1n) is 5.77. The van der Waals surface area contributed by atoms with Gasteiger partial charge in [0.25, 0.3) is 0 Å². The van der Waals surface area contributed by atoms with Crippen molar-refractivity contribution in [2.75, 3.05) is 45.1 Å². The zero-order valence-electron chi connectivity index (χ0n) is 11.6. The molecule has 0 aliphatic rings. The maximum atomic E-state index is 11.9. The van der Waals surface area contributed by atoms with Crippen LogP contribution in [-0.4, -0.2) is 51.9 Å². The molecule has 1 aromatic rings. The van der Waals surface area contributed by atoms with E-state index in [1.807, 2.05) is 19.0 Å². The van der Waals surface area contributed by atoms with Crippen molar-refractivity contribution in [2.45, 2.75) is 6.04 Å². The van der Waals surface area contributed by atoms with Crippen LogP contribution in [0, 0.1) is 0 Å². The molecule has 1 atom stereocenters. The summed E-state index contributed by atoms with van der Waals surface area (Å²) in [5.41, 5.74) is 6.96. The molecular formula is C12H20N4O3. The van der Waals surface area contributed by atoms with Crippen LogP contribution in [-0.2, 0) is 9.53 Å². The molecule has 106 valence electrons. The number of rotatable bonds is 6. The minimum Gasteiger partial charge on any atom is -0.479 e. The number of carbonyl (C=O) groups excluding carboxylic acids is 1. The van der Waals surface area contributed by atoms with Crippen LogP contribution in [0.4, 0.5) is 11.4 Å². The van der Waals surface area contributed by atoms with E-state index in [-0.39, 0.29) is 12.5 Å². The summed E-state index contributed by atoms with van der Waals surface area (Å²) in [7, 11) is 6.70. The molecule has 7 nitrogen and oxygen atoms in total. The van der Waals surface area contributed by atoms with Crippen molar-refractivity contribution in [1.29, 1.82) is 0 Å². The van der Waals surface area contributed by atoms with Gasteiger partial charge in [-0.25, -0.2) is 4.98 Å². The number of nitrogens with one attached hydrogen (secondary N) is 1. The summed E-state index contributed by atoms with van der Waals surface area (Å²) in [6, 6.07) is 1.03. The van der Waals surface area contributed by atoms with Gasteiger partial charge >= 0.3 is 0 Å². The highest BCUT2D eigenvalue weighted by Crippen LogP contribution is 2.31. The molecule has 0 saturated carbocycles. The van der Waals surface area contributed by atoms with Gasteiger partial charge in [-0.3, -0.25) is 4.79 Å². The van der Waals surface area contributed by atoms with Crippen molar-refractivity contribution in [3.8, 4) is 5.88 Å². The summed E-state index contributed by atoms with van der Waals surface area (Å²) in [6.45, 7) is 0.145. The van der Waals surface area contributed by atoms with E-state index in [0.29, 0.717) is 11.6 Å². The van der Waals surface area contributed by atoms with Crippen molar-refractivity contribution in [2.24, 2.45) is 5.73 Å². The Bertz CT molecular complexity index is 437. The molecule has 1 amide bonds. The average molecular weight is 268 g/mol. The lowest BCUT2D eigenvalue weighted by Crippen LogP contribution is -2.39. The number of carbonyl (C=O) groups is 1. The summed E-state index contributed by atoms with van der Waals surface area (Å²) >= 11 is 0. The molecule has 0 aliphatic carbocycles. The van der Waals surface area contributed by atoms with Crippen LogP contribution in [0.3, 0.4) is 0 Å². The molecule has 19 heavy (non-hydrogen) atoms. The molecule has 0 aliphatic heterocycles. The fourth-order valence-corrected chi connectivity index (χ4v) is 1.55. The molecule has 0 fully saturated rings. The monoisotopic (exact) mass is 268 g/mol. The summed E-state index contributed by atoms with van der Waals surface area (Å²) in [4.78, 5) is 17.8.